The van der Waals surface area contributed by atoms with Crippen LogP contribution in [0.15, 0.2) is 0 Å². The van der Waals surface area contributed by atoms with Crippen molar-refractivity contribution < 1.29 is 19.1 Å². The predicted molar refractivity (Wildman–Crippen MR) is 85.4 cm³/mol. The Morgan fingerprint density at radius 1 is 1.22 bits per heavy atom. The van der Waals surface area contributed by atoms with Gasteiger partial charge in [0.2, 0.25) is 0 Å². The van der Waals surface area contributed by atoms with Crippen LogP contribution in [-0.2, 0) is 9.53 Å². The maximum atomic E-state index is 11.9. The highest BCUT2D eigenvalue weighted by Crippen LogP contribution is 2.18. The van der Waals surface area contributed by atoms with Crippen LogP contribution in [0, 0.1) is 13.8 Å². The molecule has 0 spiro atoms. The number of esters is 1. The fourth-order valence-electron chi connectivity index (χ4n) is 2.55. The molecule has 2 N–H and O–H groups in total. The van der Waals surface area contributed by atoms with Crippen LogP contribution in [-0.4, -0.2) is 35.5 Å². The highest BCUT2D eigenvalue weighted by atomic mass is 32.1. The zero-order chi connectivity index (χ0) is 16.8. The third-order valence-electron chi connectivity index (χ3n) is 3.62. The van der Waals surface area contributed by atoms with Gasteiger partial charge < -0.3 is 10.1 Å². The Hall–Kier alpha value is -1.96. The van der Waals surface area contributed by atoms with Crippen molar-refractivity contribution in [1.82, 2.24) is 15.6 Å². The van der Waals surface area contributed by atoms with Gasteiger partial charge in [0.15, 0.2) is 6.61 Å². The van der Waals surface area contributed by atoms with E-state index in [1.165, 1.54) is 17.8 Å². The molecule has 2 rings (SSSR count). The molecule has 8 heteroatoms. The Kier molecular flexibility index (Phi) is 6.09. The van der Waals surface area contributed by atoms with Gasteiger partial charge in [-0.2, -0.15) is 0 Å². The number of ether oxygens (including phenoxy) is 1. The average molecular weight is 339 g/mol. The zero-order valence-electron chi connectivity index (χ0n) is 13.3. The van der Waals surface area contributed by atoms with Gasteiger partial charge in [-0.3, -0.25) is 10.1 Å². The molecule has 1 aliphatic rings. The van der Waals surface area contributed by atoms with Crippen molar-refractivity contribution in [3.63, 3.8) is 0 Å². The quantitative estimate of drug-likeness (QED) is 0.819. The molecule has 1 saturated carbocycles. The van der Waals surface area contributed by atoms with Crippen molar-refractivity contribution in [1.29, 1.82) is 0 Å². The number of thiazole rings is 1. The number of hydrogen-bond donors (Lipinski definition) is 2. The molecular formula is C15H21N3O4S. The maximum Gasteiger partial charge on any atom is 0.350 e. The summed E-state index contributed by atoms with van der Waals surface area (Å²) in [6.45, 7) is 3.00. The second kappa shape index (κ2) is 8.05. The minimum Gasteiger partial charge on any atom is -0.451 e. The summed E-state index contributed by atoms with van der Waals surface area (Å²) >= 11 is 1.21. The molecule has 1 fully saturated rings. The largest absolute Gasteiger partial charge is 0.451 e. The van der Waals surface area contributed by atoms with Crippen LogP contribution in [0.25, 0.3) is 0 Å². The summed E-state index contributed by atoms with van der Waals surface area (Å²) in [5.74, 6) is -1.25. The normalized spacial score (nSPS) is 15.0. The summed E-state index contributed by atoms with van der Waals surface area (Å²) in [4.78, 5) is 39.7. The van der Waals surface area contributed by atoms with E-state index in [1.54, 1.807) is 13.8 Å². The molecule has 1 heterocycles. The highest BCUT2D eigenvalue weighted by Gasteiger charge is 2.19. The van der Waals surface area contributed by atoms with Crippen LogP contribution in [0.2, 0.25) is 0 Å². The van der Waals surface area contributed by atoms with Gasteiger partial charge in [0.25, 0.3) is 5.91 Å². The van der Waals surface area contributed by atoms with Gasteiger partial charge in [0.05, 0.1) is 10.7 Å². The lowest BCUT2D eigenvalue weighted by Crippen LogP contribution is -2.46. The molecular weight excluding hydrogens is 318 g/mol. The summed E-state index contributed by atoms with van der Waals surface area (Å²) < 4.78 is 4.91. The topological polar surface area (TPSA) is 97.4 Å². The number of rotatable bonds is 4. The zero-order valence-corrected chi connectivity index (χ0v) is 14.1. The third kappa shape index (κ3) is 5.31. The molecule has 3 amide bonds. The Morgan fingerprint density at radius 2 is 1.91 bits per heavy atom. The van der Waals surface area contributed by atoms with Crippen LogP contribution in [0.3, 0.4) is 0 Å². The molecule has 0 bridgehead atoms. The maximum absolute atomic E-state index is 11.9. The van der Waals surface area contributed by atoms with E-state index in [-0.39, 0.29) is 6.04 Å². The molecule has 7 nitrogen and oxygen atoms in total. The van der Waals surface area contributed by atoms with Gasteiger partial charge in [-0.15, -0.1) is 11.3 Å². The van der Waals surface area contributed by atoms with Crippen molar-refractivity contribution in [3.8, 4) is 0 Å². The molecule has 23 heavy (non-hydrogen) atoms. The minimum atomic E-state index is -0.648. The van der Waals surface area contributed by atoms with Crippen molar-refractivity contribution in [2.75, 3.05) is 6.61 Å². The first-order valence-corrected chi connectivity index (χ1v) is 8.49. The number of hydrogen-bond acceptors (Lipinski definition) is 6. The lowest BCUT2D eigenvalue weighted by Gasteiger charge is -2.22. The van der Waals surface area contributed by atoms with Gasteiger partial charge in [0, 0.05) is 6.04 Å². The highest BCUT2D eigenvalue weighted by molar-refractivity contribution is 7.13. The molecule has 0 saturated heterocycles. The molecule has 1 aliphatic carbocycles. The fraction of sp³-hybridized carbons (Fsp3) is 0.600. The Morgan fingerprint density at radius 3 is 2.52 bits per heavy atom. The van der Waals surface area contributed by atoms with Gasteiger partial charge >= 0.3 is 12.0 Å². The van der Waals surface area contributed by atoms with E-state index < -0.39 is 24.5 Å². The molecule has 126 valence electrons. The van der Waals surface area contributed by atoms with E-state index >= 15 is 0 Å². The molecule has 1 aromatic heterocycles. The van der Waals surface area contributed by atoms with Crippen LogP contribution in [0.4, 0.5) is 4.79 Å². The van der Waals surface area contributed by atoms with Crippen molar-refractivity contribution >= 4 is 29.2 Å². The summed E-state index contributed by atoms with van der Waals surface area (Å²) in [5.41, 5.74) is 0.577. The van der Waals surface area contributed by atoms with Crippen LogP contribution >= 0.6 is 11.3 Å². The first kappa shape index (κ1) is 17.4. The summed E-state index contributed by atoms with van der Waals surface area (Å²) in [7, 11) is 0. The van der Waals surface area contributed by atoms with Crippen LogP contribution < -0.4 is 10.6 Å². The third-order valence-corrected chi connectivity index (χ3v) is 4.67. The number of carbonyl (C=O) groups excluding carboxylic acids is 3. The summed E-state index contributed by atoms with van der Waals surface area (Å²) in [6.07, 6.45) is 5.22. The molecule has 0 unspecified atom stereocenters. The number of urea groups is 1. The number of nitrogens with one attached hydrogen (secondary N) is 2. The number of aromatic nitrogens is 1. The van der Waals surface area contributed by atoms with E-state index in [0.29, 0.717) is 10.6 Å². The smallest absolute Gasteiger partial charge is 0.350 e. The number of nitrogens with zero attached hydrogens (tertiary/aromatic N) is 1. The molecule has 0 radical (unpaired) electrons. The van der Waals surface area contributed by atoms with E-state index in [2.05, 4.69) is 15.6 Å². The lowest BCUT2D eigenvalue weighted by atomic mass is 9.96. The number of aryl methyl sites for hydroxylation is 2. The fourth-order valence-corrected chi connectivity index (χ4v) is 3.36. The van der Waals surface area contributed by atoms with E-state index in [1.807, 2.05) is 0 Å². The minimum absolute atomic E-state index is 0.113. The SMILES string of the molecule is Cc1nc(C)c(C(=O)OCC(=O)NC(=O)NC2CCCCC2)s1. The number of imide groups is 1. The second-order valence-electron chi connectivity index (χ2n) is 5.58. The molecule has 1 aromatic rings. The average Bonchev–Trinajstić information content (AvgIpc) is 2.84. The van der Waals surface area contributed by atoms with Crippen molar-refractivity contribution in [3.05, 3.63) is 15.6 Å². The summed E-state index contributed by atoms with van der Waals surface area (Å²) in [6, 6.07) is -0.426. The first-order chi connectivity index (χ1) is 11.0. The van der Waals surface area contributed by atoms with Gasteiger partial charge in [-0.1, -0.05) is 19.3 Å². The van der Waals surface area contributed by atoms with Gasteiger partial charge in [-0.05, 0) is 26.7 Å². The standard InChI is InChI=1S/C15H21N3O4S/c1-9-13(23-10(2)16-9)14(20)22-8-12(19)18-15(21)17-11-6-4-3-5-7-11/h11H,3-8H2,1-2H3,(H2,17,18,19,21). The Labute approximate surface area is 138 Å². The second-order valence-corrected chi connectivity index (χ2v) is 6.78. The van der Waals surface area contributed by atoms with Crippen molar-refractivity contribution in [2.24, 2.45) is 0 Å². The van der Waals surface area contributed by atoms with Crippen molar-refractivity contribution in [2.45, 2.75) is 52.0 Å². The van der Waals surface area contributed by atoms with E-state index in [4.69, 9.17) is 4.74 Å². The predicted octanol–water partition coefficient (Wildman–Crippen LogP) is 2.08. The molecule has 0 aromatic carbocycles. The van der Waals surface area contributed by atoms with Gasteiger partial charge in [0.1, 0.15) is 4.88 Å². The first-order valence-electron chi connectivity index (χ1n) is 7.67. The Balaban J connectivity index is 1.73. The van der Waals surface area contributed by atoms with Crippen LogP contribution in [0.1, 0.15) is 52.5 Å². The lowest BCUT2D eigenvalue weighted by molar-refractivity contribution is -0.123. The monoisotopic (exact) mass is 339 g/mol. The molecule has 0 atom stereocenters. The molecule has 0 aliphatic heterocycles. The van der Waals surface area contributed by atoms with E-state index in [0.717, 1.165) is 30.7 Å². The Bertz CT molecular complexity index is 594. The number of amides is 3. The summed E-state index contributed by atoms with van der Waals surface area (Å²) in [5, 5.41) is 5.69. The number of carbonyl (C=O) groups is 3. The van der Waals surface area contributed by atoms with Crippen LogP contribution in [0.5, 0.6) is 0 Å². The van der Waals surface area contributed by atoms with E-state index in [9.17, 15) is 14.4 Å². The van der Waals surface area contributed by atoms with Gasteiger partial charge in [-0.25, -0.2) is 14.6 Å².